The Hall–Kier alpha value is -1.50. The van der Waals surface area contributed by atoms with Crippen molar-refractivity contribution in [1.29, 1.82) is 0 Å². The Kier molecular flexibility index (Phi) is 6.26. The van der Waals surface area contributed by atoms with Crippen LogP contribution >= 0.6 is 15.9 Å². The monoisotopic (exact) mass is 365 g/mol. The molecule has 0 radical (unpaired) electrons. The lowest BCUT2D eigenvalue weighted by Crippen LogP contribution is -2.35. The van der Waals surface area contributed by atoms with Gasteiger partial charge in [-0.1, -0.05) is 22.9 Å². The maximum Gasteiger partial charge on any atom is 0.405 e. The highest BCUT2D eigenvalue weighted by molar-refractivity contribution is 9.10. The van der Waals surface area contributed by atoms with Crippen LogP contribution in [-0.2, 0) is 4.79 Å². The molecule has 0 aromatic heterocycles. The van der Waals surface area contributed by atoms with E-state index >= 15 is 0 Å². The van der Waals surface area contributed by atoms with E-state index in [1.54, 1.807) is 25.1 Å². The average molecular weight is 366 g/mol. The highest BCUT2D eigenvalue weighted by Crippen LogP contribution is 2.29. The number of alkyl halides is 3. The van der Waals surface area contributed by atoms with Gasteiger partial charge in [-0.3, -0.25) is 0 Å². The van der Waals surface area contributed by atoms with E-state index in [1.165, 1.54) is 11.0 Å². The van der Waals surface area contributed by atoms with Gasteiger partial charge in [0.05, 0.1) is 0 Å². The maximum absolute atomic E-state index is 12.7. The molecule has 1 rings (SSSR count). The lowest BCUT2D eigenvalue weighted by molar-refractivity contribution is -0.131. The molecule has 0 saturated heterocycles. The van der Waals surface area contributed by atoms with Crippen molar-refractivity contribution in [1.82, 2.24) is 0 Å². The number of hydrogen-bond donors (Lipinski definition) is 1. The third kappa shape index (κ3) is 6.20. The second-order valence-corrected chi connectivity index (χ2v) is 5.33. The first-order valence-corrected chi connectivity index (χ1v) is 7.04. The molecule has 0 amide bonds. The molecule has 0 fully saturated rings. The fourth-order valence-corrected chi connectivity index (χ4v) is 2.26. The van der Waals surface area contributed by atoms with Crippen LogP contribution in [0.1, 0.15) is 18.9 Å². The summed E-state index contributed by atoms with van der Waals surface area (Å²) in [5, 5.41) is 8.67. The Morgan fingerprint density at radius 2 is 2.10 bits per heavy atom. The number of benzene rings is 1. The van der Waals surface area contributed by atoms with Gasteiger partial charge >= 0.3 is 12.1 Å². The molecule has 0 aliphatic carbocycles. The summed E-state index contributed by atoms with van der Waals surface area (Å²) in [6.45, 7) is 0.945. The number of aliphatic carboxylic acids is 1. The number of carboxylic acids is 1. The standard InChI is InChI=1S/C14H15BrF3NO2/c1-2-7-19(9-14(16,17)18)12-5-4-11(15)8-10(12)3-6-13(20)21/h3-6,8H,2,7,9H2,1H3,(H,20,21)/b6-3+. The Morgan fingerprint density at radius 3 is 2.62 bits per heavy atom. The molecular formula is C14H15BrF3NO2. The predicted molar refractivity (Wildman–Crippen MR) is 79.4 cm³/mol. The summed E-state index contributed by atoms with van der Waals surface area (Å²) in [5.41, 5.74) is 0.777. The first-order chi connectivity index (χ1) is 9.73. The number of rotatable bonds is 6. The van der Waals surface area contributed by atoms with Crippen LogP contribution in [0.15, 0.2) is 28.7 Å². The summed E-state index contributed by atoms with van der Waals surface area (Å²) in [5.74, 6) is -1.15. The van der Waals surface area contributed by atoms with Crippen molar-refractivity contribution in [2.45, 2.75) is 19.5 Å². The van der Waals surface area contributed by atoms with Crippen molar-refractivity contribution in [2.75, 3.05) is 18.0 Å². The van der Waals surface area contributed by atoms with E-state index in [-0.39, 0.29) is 6.54 Å². The summed E-state index contributed by atoms with van der Waals surface area (Å²) in [6, 6.07) is 4.77. The molecule has 21 heavy (non-hydrogen) atoms. The second-order valence-electron chi connectivity index (χ2n) is 4.41. The van der Waals surface area contributed by atoms with Gasteiger partial charge < -0.3 is 10.0 Å². The van der Waals surface area contributed by atoms with Gasteiger partial charge in [0.25, 0.3) is 0 Å². The minimum atomic E-state index is -4.32. The van der Waals surface area contributed by atoms with Gasteiger partial charge in [-0.2, -0.15) is 13.2 Å². The van der Waals surface area contributed by atoms with Crippen molar-refractivity contribution in [3.05, 3.63) is 34.3 Å². The molecular weight excluding hydrogens is 351 g/mol. The first-order valence-electron chi connectivity index (χ1n) is 6.25. The lowest BCUT2D eigenvalue weighted by Gasteiger charge is -2.27. The van der Waals surface area contributed by atoms with E-state index in [9.17, 15) is 18.0 Å². The number of nitrogens with zero attached hydrogens (tertiary/aromatic N) is 1. The van der Waals surface area contributed by atoms with Crippen LogP contribution in [0.2, 0.25) is 0 Å². The zero-order valence-electron chi connectivity index (χ0n) is 11.3. The van der Waals surface area contributed by atoms with E-state index in [0.717, 1.165) is 6.08 Å². The van der Waals surface area contributed by atoms with Crippen LogP contribution < -0.4 is 4.90 Å². The van der Waals surface area contributed by atoms with Crippen LogP contribution in [-0.4, -0.2) is 30.3 Å². The average Bonchev–Trinajstić information content (AvgIpc) is 2.34. The van der Waals surface area contributed by atoms with E-state index < -0.39 is 18.7 Å². The van der Waals surface area contributed by atoms with Gasteiger partial charge in [-0.25, -0.2) is 4.79 Å². The molecule has 7 heteroatoms. The van der Waals surface area contributed by atoms with Crippen molar-refractivity contribution >= 4 is 33.7 Å². The molecule has 0 spiro atoms. The molecule has 0 aliphatic heterocycles. The minimum absolute atomic E-state index is 0.231. The second kappa shape index (κ2) is 7.49. The van der Waals surface area contributed by atoms with Gasteiger partial charge in [0.1, 0.15) is 6.54 Å². The predicted octanol–water partition coefficient (Wildman–Crippen LogP) is 4.33. The van der Waals surface area contributed by atoms with Gasteiger partial charge in [0.2, 0.25) is 0 Å². The van der Waals surface area contributed by atoms with E-state index in [0.29, 0.717) is 22.1 Å². The number of hydrogen-bond acceptors (Lipinski definition) is 2. The zero-order chi connectivity index (χ0) is 16.0. The summed E-state index contributed by atoms with van der Waals surface area (Å²) in [6.07, 6.45) is -1.57. The quantitative estimate of drug-likeness (QED) is 0.763. The van der Waals surface area contributed by atoms with Crippen LogP contribution in [0, 0.1) is 0 Å². The fourth-order valence-electron chi connectivity index (χ4n) is 1.88. The van der Waals surface area contributed by atoms with Gasteiger partial charge in [-0.15, -0.1) is 0 Å². The molecule has 1 aromatic rings. The third-order valence-electron chi connectivity index (χ3n) is 2.60. The van der Waals surface area contributed by atoms with Crippen LogP contribution in [0.25, 0.3) is 6.08 Å². The maximum atomic E-state index is 12.7. The molecule has 0 bridgehead atoms. The number of halogens is 4. The van der Waals surface area contributed by atoms with Crippen molar-refractivity contribution < 1.29 is 23.1 Å². The Balaban J connectivity index is 3.20. The fraction of sp³-hybridized carbons (Fsp3) is 0.357. The molecule has 3 nitrogen and oxygen atoms in total. The van der Waals surface area contributed by atoms with E-state index in [2.05, 4.69) is 15.9 Å². The topological polar surface area (TPSA) is 40.5 Å². The summed E-state index contributed by atoms with van der Waals surface area (Å²) < 4.78 is 38.7. The highest BCUT2D eigenvalue weighted by atomic mass is 79.9. The van der Waals surface area contributed by atoms with Crippen molar-refractivity contribution in [3.8, 4) is 0 Å². The van der Waals surface area contributed by atoms with E-state index in [4.69, 9.17) is 5.11 Å². The smallest absolute Gasteiger partial charge is 0.405 e. The Bertz CT molecular complexity index is 529. The number of anilines is 1. The Labute approximate surface area is 129 Å². The minimum Gasteiger partial charge on any atom is -0.478 e. The van der Waals surface area contributed by atoms with Crippen molar-refractivity contribution in [2.24, 2.45) is 0 Å². The normalized spacial score (nSPS) is 11.9. The summed E-state index contributed by atoms with van der Waals surface area (Å²) in [4.78, 5) is 11.8. The highest BCUT2D eigenvalue weighted by Gasteiger charge is 2.31. The first kappa shape index (κ1) is 17.6. The van der Waals surface area contributed by atoms with Gasteiger partial charge in [0.15, 0.2) is 0 Å². The summed E-state index contributed by atoms with van der Waals surface area (Å²) in [7, 11) is 0. The summed E-state index contributed by atoms with van der Waals surface area (Å²) >= 11 is 3.23. The van der Waals surface area contributed by atoms with Crippen molar-refractivity contribution in [3.63, 3.8) is 0 Å². The zero-order valence-corrected chi connectivity index (χ0v) is 12.9. The molecule has 0 atom stereocenters. The third-order valence-corrected chi connectivity index (χ3v) is 3.09. The molecule has 1 N–H and O–H groups in total. The SMILES string of the molecule is CCCN(CC(F)(F)F)c1ccc(Br)cc1/C=C/C(=O)O. The molecule has 0 unspecified atom stereocenters. The van der Waals surface area contributed by atoms with Gasteiger partial charge in [0, 0.05) is 22.8 Å². The van der Waals surface area contributed by atoms with E-state index in [1.807, 2.05) is 0 Å². The van der Waals surface area contributed by atoms with Gasteiger partial charge in [-0.05, 0) is 36.3 Å². The number of carbonyl (C=O) groups is 1. The van der Waals surface area contributed by atoms with Crippen LogP contribution in [0.5, 0.6) is 0 Å². The number of carboxylic acid groups (broad SMARTS) is 1. The lowest BCUT2D eigenvalue weighted by atomic mass is 10.1. The molecule has 0 aliphatic rings. The molecule has 0 saturated carbocycles. The van der Waals surface area contributed by atoms with Crippen LogP contribution in [0.3, 0.4) is 0 Å². The van der Waals surface area contributed by atoms with Crippen LogP contribution in [0.4, 0.5) is 18.9 Å². The largest absolute Gasteiger partial charge is 0.478 e. The molecule has 0 heterocycles. The molecule has 1 aromatic carbocycles. The molecule has 116 valence electrons. The Morgan fingerprint density at radius 1 is 1.43 bits per heavy atom.